The van der Waals surface area contributed by atoms with Gasteiger partial charge in [-0.05, 0) is 30.9 Å². The smallest absolute Gasteiger partial charge is 0.247 e. The molecule has 1 amide bonds. The van der Waals surface area contributed by atoms with Crippen LogP contribution >= 0.6 is 0 Å². The maximum Gasteiger partial charge on any atom is 0.247 e. The molecule has 0 saturated carbocycles. The lowest BCUT2D eigenvalue weighted by Gasteiger charge is -2.33. The fraction of sp³-hybridized carbons (Fsp3) is 0.500. The van der Waals surface area contributed by atoms with Gasteiger partial charge in [0.25, 0.3) is 0 Å². The third kappa shape index (κ3) is 1.22. The van der Waals surface area contributed by atoms with Gasteiger partial charge in [0.15, 0.2) is 5.82 Å². The first-order chi connectivity index (χ1) is 7.66. The summed E-state index contributed by atoms with van der Waals surface area (Å²) in [4.78, 5) is 18.6. The van der Waals surface area contributed by atoms with Crippen molar-refractivity contribution < 1.29 is 4.79 Å². The monoisotopic (exact) mass is 217 g/mol. The molecule has 2 aliphatic heterocycles. The second-order valence-electron chi connectivity index (χ2n) is 4.78. The van der Waals surface area contributed by atoms with Gasteiger partial charge in [-0.25, -0.2) is 4.98 Å². The van der Waals surface area contributed by atoms with E-state index in [-0.39, 0.29) is 11.9 Å². The Hall–Kier alpha value is -1.58. The lowest BCUT2D eigenvalue weighted by atomic mass is 10.0. The number of carbonyl (C=O) groups excluding carboxylic acids is 1. The number of nitrogens with one attached hydrogen (secondary N) is 1. The Morgan fingerprint density at radius 1 is 1.56 bits per heavy atom. The fourth-order valence-corrected chi connectivity index (χ4v) is 2.67. The quantitative estimate of drug-likeness (QED) is 0.717. The van der Waals surface area contributed by atoms with Crippen molar-refractivity contribution in [2.75, 3.05) is 16.8 Å². The van der Waals surface area contributed by atoms with Crippen molar-refractivity contribution in [1.82, 2.24) is 4.98 Å². The molecule has 3 heterocycles. The van der Waals surface area contributed by atoms with Crippen LogP contribution in [0.1, 0.15) is 18.9 Å². The van der Waals surface area contributed by atoms with E-state index < -0.39 is 0 Å². The fourth-order valence-electron chi connectivity index (χ4n) is 2.67. The first kappa shape index (κ1) is 9.63. The number of aryl methyl sites for hydroxylation is 1. The van der Waals surface area contributed by atoms with Gasteiger partial charge in [0.2, 0.25) is 5.91 Å². The molecule has 4 heteroatoms. The molecule has 0 aliphatic carbocycles. The summed E-state index contributed by atoms with van der Waals surface area (Å²) in [5.41, 5.74) is 1.93. The topological polar surface area (TPSA) is 45.2 Å². The van der Waals surface area contributed by atoms with Gasteiger partial charge < -0.3 is 10.2 Å². The minimum Gasteiger partial charge on any atom is -0.343 e. The Labute approximate surface area is 94.7 Å². The third-order valence-electron chi connectivity index (χ3n) is 3.50. The van der Waals surface area contributed by atoms with Crippen LogP contribution in [0, 0.1) is 12.8 Å². The van der Waals surface area contributed by atoms with Gasteiger partial charge in [-0.2, -0.15) is 0 Å². The van der Waals surface area contributed by atoms with Crippen LogP contribution in [0.3, 0.4) is 0 Å². The maximum atomic E-state index is 12.0. The van der Waals surface area contributed by atoms with Gasteiger partial charge in [-0.15, -0.1) is 0 Å². The summed E-state index contributed by atoms with van der Waals surface area (Å²) in [6.07, 6.45) is 2.92. The molecule has 0 radical (unpaired) electrons. The van der Waals surface area contributed by atoms with Crippen LogP contribution in [0.25, 0.3) is 0 Å². The number of fused-ring (bicyclic) bond motifs is 3. The van der Waals surface area contributed by atoms with Gasteiger partial charge in [-0.1, -0.05) is 6.92 Å². The average Bonchev–Trinajstić information content (AvgIpc) is 2.61. The maximum absolute atomic E-state index is 12.0. The molecule has 4 nitrogen and oxygen atoms in total. The summed E-state index contributed by atoms with van der Waals surface area (Å²) in [5.74, 6) is 1.46. The molecule has 2 atom stereocenters. The minimum absolute atomic E-state index is 0.0253. The third-order valence-corrected chi connectivity index (χ3v) is 3.50. The van der Waals surface area contributed by atoms with Crippen LogP contribution in [0.2, 0.25) is 0 Å². The highest BCUT2D eigenvalue weighted by Gasteiger charge is 2.41. The van der Waals surface area contributed by atoms with Crippen molar-refractivity contribution in [1.29, 1.82) is 0 Å². The van der Waals surface area contributed by atoms with Crippen LogP contribution in [0.5, 0.6) is 0 Å². The van der Waals surface area contributed by atoms with Crippen LogP contribution in [-0.2, 0) is 4.79 Å². The predicted molar refractivity (Wildman–Crippen MR) is 62.5 cm³/mol. The first-order valence-electron chi connectivity index (χ1n) is 5.71. The summed E-state index contributed by atoms with van der Waals surface area (Å²) >= 11 is 0. The van der Waals surface area contributed by atoms with Gasteiger partial charge in [0, 0.05) is 12.7 Å². The van der Waals surface area contributed by atoms with E-state index >= 15 is 0 Å². The molecule has 16 heavy (non-hydrogen) atoms. The van der Waals surface area contributed by atoms with Gasteiger partial charge in [-0.3, -0.25) is 4.79 Å². The number of nitrogens with zero attached hydrogens (tertiary/aromatic N) is 2. The highest BCUT2D eigenvalue weighted by Crippen LogP contribution is 2.37. The molecule has 1 aromatic heterocycles. The van der Waals surface area contributed by atoms with Crippen molar-refractivity contribution in [3.63, 3.8) is 0 Å². The van der Waals surface area contributed by atoms with Crippen LogP contribution in [0.15, 0.2) is 12.3 Å². The van der Waals surface area contributed by atoms with E-state index in [1.54, 1.807) is 0 Å². The Kier molecular flexibility index (Phi) is 1.93. The number of amides is 1. The van der Waals surface area contributed by atoms with Gasteiger partial charge >= 0.3 is 0 Å². The molecule has 1 N–H and O–H groups in total. The van der Waals surface area contributed by atoms with Crippen LogP contribution in [0.4, 0.5) is 11.5 Å². The number of hydrogen-bond acceptors (Lipinski definition) is 3. The van der Waals surface area contributed by atoms with E-state index in [9.17, 15) is 4.79 Å². The summed E-state index contributed by atoms with van der Waals surface area (Å²) in [6, 6.07) is 1.96. The van der Waals surface area contributed by atoms with Crippen molar-refractivity contribution in [3.8, 4) is 0 Å². The molecule has 1 fully saturated rings. The zero-order valence-corrected chi connectivity index (χ0v) is 9.53. The van der Waals surface area contributed by atoms with E-state index in [2.05, 4.69) is 22.1 Å². The van der Waals surface area contributed by atoms with E-state index in [4.69, 9.17) is 0 Å². The largest absolute Gasteiger partial charge is 0.343 e. The zero-order valence-electron chi connectivity index (χ0n) is 9.53. The molecule has 84 valence electrons. The van der Waals surface area contributed by atoms with E-state index in [1.165, 1.54) is 0 Å². The van der Waals surface area contributed by atoms with Crippen molar-refractivity contribution >= 4 is 17.4 Å². The molecule has 0 bridgehead atoms. The van der Waals surface area contributed by atoms with Gasteiger partial charge in [0.1, 0.15) is 6.04 Å². The molecule has 3 rings (SSSR count). The highest BCUT2D eigenvalue weighted by atomic mass is 16.2. The lowest BCUT2D eigenvalue weighted by molar-refractivity contribution is -0.118. The highest BCUT2D eigenvalue weighted by molar-refractivity contribution is 6.03. The Bertz CT molecular complexity index is 458. The predicted octanol–water partition coefficient (Wildman–Crippen LogP) is 1.56. The summed E-state index contributed by atoms with van der Waals surface area (Å²) in [7, 11) is 0. The summed E-state index contributed by atoms with van der Waals surface area (Å²) in [5, 5.41) is 2.96. The first-order valence-corrected chi connectivity index (χ1v) is 5.71. The van der Waals surface area contributed by atoms with Crippen LogP contribution in [-0.4, -0.2) is 23.5 Å². The van der Waals surface area contributed by atoms with Crippen molar-refractivity contribution in [2.45, 2.75) is 26.3 Å². The molecular formula is C12H15N3O. The zero-order chi connectivity index (χ0) is 11.3. The Balaban J connectivity index is 2.09. The minimum atomic E-state index is -0.0253. The molecule has 1 aromatic rings. The second-order valence-corrected chi connectivity index (χ2v) is 4.78. The molecule has 2 unspecified atom stereocenters. The Morgan fingerprint density at radius 2 is 2.38 bits per heavy atom. The van der Waals surface area contributed by atoms with Crippen molar-refractivity contribution in [3.05, 3.63) is 17.8 Å². The number of carbonyl (C=O) groups is 1. The molecule has 1 saturated heterocycles. The number of aromatic nitrogens is 1. The SMILES string of the molecule is Cc1cnc2c(c1)NC(=O)C1C(C)CCN21. The lowest BCUT2D eigenvalue weighted by Crippen LogP contribution is -2.46. The number of rotatable bonds is 0. The molecule has 0 aromatic carbocycles. The van der Waals surface area contributed by atoms with Crippen molar-refractivity contribution in [2.24, 2.45) is 5.92 Å². The standard InChI is InChI=1S/C12H15N3O/c1-7-5-9-11(13-6-7)15-4-3-8(2)10(15)12(16)14-9/h5-6,8,10H,3-4H2,1-2H3,(H,14,16). The summed E-state index contributed by atoms with van der Waals surface area (Å²) in [6.45, 7) is 5.05. The van der Waals surface area contributed by atoms with E-state index in [0.29, 0.717) is 5.92 Å². The average molecular weight is 217 g/mol. The number of hydrogen-bond donors (Lipinski definition) is 1. The summed E-state index contributed by atoms with van der Waals surface area (Å²) < 4.78 is 0. The number of pyridine rings is 1. The molecular weight excluding hydrogens is 202 g/mol. The van der Waals surface area contributed by atoms with E-state index in [1.807, 2.05) is 19.2 Å². The normalized spacial score (nSPS) is 27.4. The van der Waals surface area contributed by atoms with Gasteiger partial charge in [0.05, 0.1) is 5.69 Å². The molecule has 2 aliphatic rings. The van der Waals surface area contributed by atoms with Crippen LogP contribution < -0.4 is 10.2 Å². The second kappa shape index (κ2) is 3.20. The van der Waals surface area contributed by atoms with E-state index in [0.717, 1.165) is 30.0 Å². The Morgan fingerprint density at radius 3 is 3.19 bits per heavy atom. The molecule has 0 spiro atoms. The number of anilines is 2.